The van der Waals surface area contributed by atoms with Crippen LogP contribution < -0.4 is 4.90 Å². The van der Waals surface area contributed by atoms with Crippen molar-refractivity contribution >= 4 is 23.5 Å². The van der Waals surface area contributed by atoms with Crippen LogP contribution in [0.25, 0.3) is 0 Å². The SMILES string of the molecule is CN(C(=O)CN1C(=O)N(C)C2(CCCCC2)C1=O)c1ccccc1. The Hall–Kier alpha value is -2.37. The number of hydrogen-bond acceptors (Lipinski definition) is 3. The van der Waals surface area contributed by atoms with Crippen LogP contribution in [0.2, 0.25) is 0 Å². The lowest BCUT2D eigenvalue weighted by Crippen LogP contribution is -2.49. The van der Waals surface area contributed by atoms with E-state index >= 15 is 0 Å². The van der Waals surface area contributed by atoms with Crippen LogP contribution in [0, 0.1) is 0 Å². The molecule has 1 saturated heterocycles. The molecule has 1 saturated carbocycles. The van der Waals surface area contributed by atoms with Crippen molar-refractivity contribution in [3.8, 4) is 0 Å². The number of imide groups is 1. The third-order valence-corrected chi connectivity index (χ3v) is 5.29. The second kappa shape index (κ2) is 6.26. The summed E-state index contributed by atoms with van der Waals surface area (Å²) in [6, 6.07) is 8.83. The van der Waals surface area contributed by atoms with Crippen LogP contribution in [-0.2, 0) is 9.59 Å². The highest BCUT2D eigenvalue weighted by atomic mass is 16.2. The summed E-state index contributed by atoms with van der Waals surface area (Å²) in [5.41, 5.74) is 0.00308. The zero-order valence-corrected chi connectivity index (χ0v) is 14.2. The fraction of sp³-hybridized carbons (Fsp3) is 0.500. The van der Waals surface area contributed by atoms with Crippen molar-refractivity contribution in [3.63, 3.8) is 0 Å². The van der Waals surface area contributed by atoms with Crippen LogP contribution in [0.5, 0.6) is 0 Å². The van der Waals surface area contributed by atoms with E-state index in [0.29, 0.717) is 12.8 Å². The van der Waals surface area contributed by atoms with E-state index in [2.05, 4.69) is 0 Å². The first-order valence-electron chi connectivity index (χ1n) is 8.39. The molecule has 0 atom stereocenters. The number of carbonyl (C=O) groups excluding carboxylic acids is 3. The van der Waals surface area contributed by atoms with Gasteiger partial charge in [0, 0.05) is 19.8 Å². The zero-order chi connectivity index (χ0) is 17.3. The summed E-state index contributed by atoms with van der Waals surface area (Å²) in [5, 5.41) is 0. The molecule has 0 N–H and O–H groups in total. The van der Waals surface area contributed by atoms with Gasteiger partial charge in [0.25, 0.3) is 5.91 Å². The predicted octanol–water partition coefficient (Wildman–Crippen LogP) is 2.25. The number of amides is 4. The Morgan fingerprint density at radius 2 is 1.75 bits per heavy atom. The van der Waals surface area contributed by atoms with Gasteiger partial charge in [0.05, 0.1) is 0 Å². The quantitative estimate of drug-likeness (QED) is 0.799. The molecule has 0 bridgehead atoms. The second-order valence-corrected chi connectivity index (χ2v) is 6.61. The van der Waals surface area contributed by atoms with Crippen molar-refractivity contribution in [2.24, 2.45) is 0 Å². The van der Waals surface area contributed by atoms with E-state index in [0.717, 1.165) is 29.8 Å². The highest BCUT2D eigenvalue weighted by Crippen LogP contribution is 2.39. The Labute approximate surface area is 142 Å². The number of para-hydroxylation sites is 1. The van der Waals surface area contributed by atoms with E-state index in [1.807, 2.05) is 30.3 Å². The molecule has 1 aliphatic heterocycles. The van der Waals surface area contributed by atoms with Gasteiger partial charge in [0.2, 0.25) is 5.91 Å². The van der Waals surface area contributed by atoms with Gasteiger partial charge in [-0.2, -0.15) is 0 Å². The summed E-state index contributed by atoms with van der Waals surface area (Å²) in [6.07, 6.45) is 4.34. The Morgan fingerprint density at radius 3 is 2.38 bits per heavy atom. The molecule has 0 unspecified atom stereocenters. The van der Waals surface area contributed by atoms with Gasteiger partial charge in [-0.25, -0.2) is 4.79 Å². The van der Waals surface area contributed by atoms with Crippen LogP contribution >= 0.6 is 0 Å². The molecule has 2 aliphatic rings. The third-order valence-electron chi connectivity index (χ3n) is 5.29. The number of carbonyl (C=O) groups is 3. The molecule has 1 aromatic carbocycles. The molecule has 128 valence electrons. The van der Waals surface area contributed by atoms with E-state index in [1.165, 1.54) is 4.90 Å². The average Bonchev–Trinajstić information content (AvgIpc) is 2.79. The minimum absolute atomic E-state index is 0.213. The minimum Gasteiger partial charge on any atom is -0.314 e. The second-order valence-electron chi connectivity index (χ2n) is 6.61. The zero-order valence-electron chi connectivity index (χ0n) is 14.2. The summed E-state index contributed by atoms with van der Waals surface area (Å²) in [4.78, 5) is 42.1. The standard InChI is InChI=1S/C18H23N3O3/c1-19(14-9-5-3-6-10-14)15(22)13-21-16(23)18(20(2)17(21)24)11-7-4-8-12-18/h3,5-6,9-10H,4,7-8,11-13H2,1-2H3. The topological polar surface area (TPSA) is 60.9 Å². The molecule has 0 aromatic heterocycles. The molecule has 1 aromatic rings. The highest BCUT2D eigenvalue weighted by molar-refractivity contribution is 6.10. The van der Waals surface area contributed by atoms with Crippen LogP contribution in [0.3, 0.4) is 0 Å². The van der Waals surface area contributed by atoms with Crippen molar-refractivity contribution in [2.45, 2.75) is 37.6 Å². The molecule has 4 amide bonds. The summed E-state index contributed by atoms with van der Waals surface area (Å²) in [7, 11) is 3.33. The lowest BCUT2D eigenvalue weighted by atomic mass is 9.81. The molecule has 6 heteroatoms. The van der Waals surface area contributed by atoms with Gasteiger partial charge in [0.1, 0.15) is 12.1 Å². The van der Waals surface area contributed by atoms with Crippen LogP contribution in [0.15, 0.2) is 30.3 Å². The highest BCUT2D eigenvalue weighted by Gasteiger charge is 2.55. The molecule has 1 spiro atoms. The lowest BCUT2D eigenvalue weighted by molar-refractivity contribution is -0.136. The minimum atomic E-state index is -0.735. The average molecular weight is 329 g/mol. The first kappa shape index (κ1) is 16.5. The molecular formula is C18H23N3O3. The van der Waals surface area contributed by atoms with E-state index < -0.39 is 5.54 Å². The van der Waals surface area contributed by atoms with Crippen molar-refractivity contribution < 1.29 is 14.4 Å². The maximum Gasteiger partial charge on any atom is 0.327 e. The predicted molar refractivity (Wildman–Crippen MR) is 90.5 cm³/mol. The van der Waals surface area contributed by atoms with Crippen LogP contribution in [0.1, 0.15) is 32.1 Å². The van der Waals surface area contributed by atoms with Gasteiger partial charge in [-0.3, -0.25) is 14.5 Å². The third kappa shape index (κ3) is 2.56. The van der Waals surface area contributed by atoms with E-state index in [9.17, 15) is 14.4 Å². The largest absolute Gasteiger partial charge is 0.327 e. The molecule has 24 heavy (non-hydrogen) atoms. The number of nitrogens with zero attached hydrogens (tertiary/aromatic N) is 3. The van der Waals surface area contributed by atoms with Crippen molar-refractivity contribution in [3.05, 3.63) is 30.3 Å². The molecule has 6 nitrogen and oxygen atoms in total. The number of benzene rings is 1. The van der Waals surface area contributed by atoms with Gasteiger partial charge >= 0.3 is 6.03 Å². The summed E-state index contributed by atoms with van der Waals surface area (Å²) in [6.45, 7) is -0.213. The van der Waals surface area contributed by atoms with Gasteiger partial charge < -0.3 is 9.80 Å². The van der Waals surface area contributed by atoms with Crippen molar-refractivity contribution in [1.29, 1.82) is 0 Å². The van der Waals surface area contributed by atoms with Crippen molar-refractivity contribution in [1.82, 2.24) is 9.80 Å². The van der Waals surface area contributed by atoms with Crippen molar-refractivity contribution in [2.75, 3.05) is 25.5 Å². The molecule has 1 aliphatic carbocycles. The summed E-state index contributed by atoms with van der Waals surface area (Å²) < 4.78 is 0. The monoisotopic (exact) mass is 329 g/mol. The normalized spacial score (nSPS) is 19.9. The Morgan fingerprint density at radius 1 is 1.12 bits per heavy atom. The smallest absolute Gasteiger partial charge is 0.314 e. The van der Waals surface area contributed by atoms with Gasteiger partial charge in [-0.1, -0.05) is 37.5 Å². The Bertz CT molecular complexity index is 653. The first-order chi connectivity index (χ1) is 11.5. The number of urea groups is 1. The van der Waals surface area contributed by atoms with Crippen LogP contribution in [-0.4, -0.2) is 53.8 Å². The molecular weight excluding hydrogens is 306 g/mol. The number of rotatable bonds is 3. The summed E-state index contributed by atoms with van der Waals surface area (Å²) >= 11 is 0. The number of anilines is 1. The maximum absolute atomic E-state index is 12.9. The lowest BCUT2D eigenvalue weighted by Gasteiger charge is -2.35. The maximum atomic E-state index is 12.9. The molecule has 0 radical (unpaired) electrons. The van der Waals surface area contributed by atoms with Gasteiger partial charge in [0.15, 0.2) is 0 Å². The van der Waals surface area contributed by atoms with Gasteiger partial charge in [-0.05, 0) is 25.0 Å². The van der Waals surface area contributed by atoms with E-state index in [4.69, 9.17) is 0 Å². The van der Waals surface area contributed by atoms with Gasteiger partial charge in [-0.15, -0.1) is 0 Å². The molecule has 1 heterocycles. The first-order valence-corrected chi connectivity index (χ1v) is 8.39. The fourth-order valence-corrected chi connectivity index (χ4v) is 3.71. The molecule has 3 rings (SSSR count). The number of likely N-dealkylation sites (N-methyl/N-ethyl adjacent to an activating group) is 2. The fourth-order valence-electron chi connectivity index (χ4n) is 3.71. The van der Waals surface area contributed by atoms with Crippen LogP contribution in [0.4, 0.5) is 10.5 Å². The molecule has 2 fully saturated rings. The Kier molecular flexibility index (Phi) is 4.30. The number of hydrogen-bond donors (Lipinski definition) is 0. The Balaban J connectivity index is 1.76. The van der Waals surface area contributed by atoms with E-state index in [-0.39, 0.29) is 24.4 Å². The van der Waals surface area contributed by atoms with E-state index in [1.54, 1.807) is 19.0 Å². The summed E-state index contributed by atoms with van der Waals surface area (Å²) in [5.74, 6) is -0.492.